The average Bonchev–Trinajstić information content (AvgIpc) is 2.05. The first kappa shape index (κ1) is 9.52. The van der Waals surface area contributed by atoms with Gasteiger partial charge >= 0.3 is 0 Å². The maximum Gasteiger partial charge on any atom is 0.0928 e. The molecule has 66 valence electrons. The van der Waals surface area contributed by atoms with Crippen LogP contribution in [0.4, 0.5) is 0 Å². The minimum atomic E-state index is -0.524. The smallest absolute Gasteiger partial charge is 0.0928 e. The Labute approximate surface area is 77.2 Å². The van der Waals surface area contributed by atoms with E-state index in [1.165, 1.54) is 0 Å². The Morgan fingerprint density at radius 2 is 2.17 bits per heavy atom. The molecule has 0 aliphatic rings. The number of likely N-dealkylation sites (N-methyl/N-ethyl adjacent to an activating group) is 1. The molecule has 12 heavy (non-hydrogen) atoms. The van der Waals surface area contributed by atoms with E-state index in [0.29, 0.717) is 11.6 Å². The molecule has 3 heteroatoms. The topological polar surface area (TPSA) is 32.3 Å². The summed E-state index contributed by atoms with van der Waals surface area (Å²) < 4.78 is 0. The molecule has 0 spiro atoms. The van der Waals surface area contributed by atoms with Crippen molar-refractivity contribution in [3.63, 3.8) is 0 Å². The second kappa shape index (κ2) is 4.45. The summed E-state index contributed by atoms with van der Waals surface area (Å²) in [6.07, 6.45) is -0.524. The highest BCUT2D eigenvalue weighted by Gasteiger charge is 2.08. The third-order valence-electron chi connectivity index (χ3n) is 1.66. The van der Waals surface area contributed by atoms with Gasteiger partial charge in [0.15, 0.2) is 0 Å². The van der Waals surface area contributed by atoms with Gasteiger partial charge in [0, 0.05) is 17.1 Å². The van der Waals surface area contributed by atoms with Gasteiger partial charge in [-0.3, -0.25) is 0 Å². The summed E-state index contributed by atoms with van der Waals surface area (Å²) in [4.78, 5) is 0. The second-order valence-electron chi connectivity index (χ2n) is 2.59. The van der Waals surface area contributed by atoms with Crippen molar-refractivity contribution in [2.75, 3.05) is 13.6 Å². The van der Waals surface area contributed by atoms with E-state index < -0.39 is 6.10 Å². The van der Waals surface area contributed by atoms with Crippen molar-refractivity contribution in [1.82, 2.24) is 5.32 Å². The Morgan fingerprint density at radius 1 is 1.50 bits per heavy atom. The zero-order valence-electron chi connectivity index (χ0n) is 6.92. The van der Waals surface area contributed by atoms with Gasteiger partial charge in [-0.05, 0) is 13.1 Å². The predicted octanol–water partition coefficient (Wildman–Crippen LogP) is 1.59. The molecular formula is C9H12ClNO. The lowest BCUT2D eigenvalue weighted by molar-refractivity contribution is 0.178. The molecule has 0 unspecified atom stereocenters. The van der Waals surface area contributed by atoms with Crippen molar-refractivity contribution in [3.8, 4) is 0 Å². The molecule has 1 aromatic carbocycles. The molecule has 0 aliphatic heterocycles. The Bertz CT molecular complexity index is 252. The Kier molecular flexibility index (Phi) is 3.53. The SMILES string of the molecule is CNC[C@H](O)c1ccccc1Cl. The van der Waals surface area contributed by atoms with E-state index in [1.54, 1.807) is 13.1 Å². The van der Waals surface area contributed by atoms with Crippen LogP contribution in [0.1, 0.15) is 11.7 Å². The Morgan fingerprint density at radius 3 is 2.75 bits per heavy atom. The molecule has 2 N–H and O–H groups in total. The zero-order valence-corrected chi connectivity index (χ0v) is 7.67. The number of rotatable bonds is 3. The number of aliphatic hydroxyl groups is 1. The fourth-order valence-corrected chi connectivity index (χ4v) is 1.31. The molecule has 0 amide bonds. The van der Waals surface area contributed by atoms with Gasteiger partial charge in [0.1, 0.15) is 0 Å². The van der Waals surface area contributed by atoms with E-state index in [0.717, 1.165) is 5.56 Å². The van der Waals surface area contributed by atoms with Crippen molar-refractivity contribution in [2.24, 2.45) is 0 Å². The van der Waals surface area contributed by atoms with Gasteiger partial charge in [-0.1, -0.05) is 29.8 Å². The summed E-state index contributed by atoms with van der Waals surface area (Å²) in [6, 6.07) is 7.30. The van der Waals surface area contributed by atoms with E-state index in [4.69, 9.17) is 11.6 Å². The van der Waals surface area contributed by atoms with Crippen LogP contribution >= 0.6 is 11.6 Å². The van der Waals surface area contributed by atoms with Gasteiger partial charge < -0.3 is 10.4 Å². The summed E-state index contributed by atoms with van der Waals surface area (Å²) in [5.74, 6) is 0. The normalized spacial score (nSPS) is 12.9. The molecule has 1 aromatic rings. The van der Waals surface area contributed by atoms with Crippen LogP contribution in [-0.4, -0.2) is 18.7 Å². The lowest BCUT2D eigenvalue weighted by Gasteiger charge is -2.11. The highest BCUT2D eigenvalue weighted by Crippen LogP contribution is 2.21. The van der Waals surface area contributed by atoms with Gasteiger partial charge in [-0.2, -0.15) is 0 Å². The van der Waals surface area contributed by atoms with Crippen molar-refractivity contribution < 1.29 is 5.11 Å². The maximum absolute atomic E-state index is 9.55. The van der Waals surface area contributed by atoms with Crippen LogP contribution in [0, 0.1) is 0 Å². The third kappa shape index (κ3) is 2.21. The number of aliphatic hydroxyl groups excluding tert-OH is 1. The van der Waals surface area contributed by atoms with Crippen molar-refractivity contribution in [3.05, 3.63) is 34.9 Å². The fourth-order valence-electron chi connectivity index (χ4n) is 1.05. The summed E-state index contributed by atoms with van der Waals surface area (Å²) in [5, 5.41) is 13.1. The summed E-state index contributed by atoms with van der Waals surface area (Å²) in [6.45, 7) is 0.518. The minimum absolute atomic E-state index is 0.518. The first-order valence-corrected chi connectivity index (χ1v) is 4.20. The molecule has 0 saturated carbocycles. The quantitative estimate of drug-likeness (QED) is 0.750. The standard InChI is InChI=1S/C9H12ClNO/c1-11-6-9(12)7-4-2-3-5-8(7)10/h2-5,9,11-12H,6H2,1H3/t9-/m0/s1. The van der Waals surface area contributed by atoms with Gasteiger partial charge in [0.25, 0.3) is 0 Å². The van der Waals surface area contributed by atoms with E-state index in [-0.39, 0.29) is 0 Å². The van der Waals surface area contributed by atoms with Crippen LogP contribution in [0.3, 0.4) is 0 Å². The lowest BCUT2D eigenvalue weighted by atomic mass is 10.1. The number of benzene rings is 1. The molecular weight excluding hydrogens is 174 g/mol. The monoisotopic (exact) mass is 185 g/mol. The molecule has 0 heterocycles. The van der Waals surface area contributed by atoms with Crippen LogP contribution < -0.4 is 5.32 Å². The number of halogens is 1. The highest BCUT2D eigenvalue weighted by atomic mass is 35.5. The highest BCUT2D eigenvalue weighted by molar-refractivity contribution is 6.31. The fraction of sp³-hybridized carbons (Fsp3) is 0.333. The van der Waals surface area contributed by atoms with Crippen molar-refractivity contribution in [2.45, 2.75) is 6.10 Å². The summed E-state index contributed by atoms with van der Waals surface area (Å²) >= 11 is 5.87. The Hall–Kier alpha value is -0.570. The zero-order chi connectivity index (χ0) is 8.97. The number of nitrogens with one attached hydrogen (secondary N) is 1. The van der Waals surface area contributed by atoms with Crippen LogP contribution in [-0.2, 0) is 0 Å². The van der Waals surface area contributed by atoms with E-state index in [2.05, 4.69) is 5.32 Å². The van der Waals surface area contributed by atoms with E-state index in [9.17, 15) is 5.11 Å². The summed E-state index contributed by atoms with van der Waals surface area (Å²) in [7, 11) is 1.79. The van der Waals surface area contributed by atoms with E-state index >= 15 is 0 Å². The molecule has 0 bridgehead atoms. The first-order valence-electron chi connectivity index (χ1n) is 3.83. The molecule has 0 radical (unpaired) electrons. The molecule has 0 aromatic heterocycles. The lowest BCUT2D eigenvalue weighted by Crippen LogP contribution is -2.16. The van der Waals surface area contributed by atoms with Crippen LogP contribution in [0.5, 0.6) is 0 Å². The third-order valence-corrected chi connectivity index (χ3v) is 2.01. The average molecular weight is 186 g/mol. The van der Waals surface area contributed by atoms with Gasteiger partial charge in [-0.15, -0.1) is 0 Å². The Balaban J connectivity index is 2.79. The van der Waals surface area contributed by atoms with Crippen LogP contribution in [0.2, 0.25) is 5.02 Å². The number of hydrogen-bond donors (Lipinski definition) is 2. The second-order valence-corrected chi connectivity index (χ2v) is 3.00. The van der Waals surface area contributed by atoms with Crippen LogP contribution in [0.15, 0.2) is 24.3 Å². The molecule has 2 nitrogen and oxygen atoms in total. The van der Waals surface area contributed by atoms with Crippen LogP contribution in [0.25, 0.3) is 0 Å². The predicted molar refractivity (Wildman–Crippen MR) is 50.3 cm³/mol. The van der Waals surface area contributed by atoms with Crippen molar-refractivity contribution in [1.29, 1.82) is 0 Å². The first-order chi connectivity index (χ1) is 5.75. The molecule has 0 saturated heterocycles. The molecule has 1 atom stereocenters. The number of hydrogen-bond acceptors (Lipinski definition) is 2. The van der Waals surface area contributed by atoms with Gasteiger partial charge in [0.05, 0.1) is 6.10 Å². The molecule has 0 fully saturated rings. The summed E-state index contributed by atoms with van der Waals surface area (Å²) in [5.41, 5.74) is 0.772. The van der Waals surface area contributed by atoms with E-state index in [1.807, 2.05) is 18.2 Å². The molecule has 1 rings (SSSR count). The largest absolute Gasteiger partial charge is 0.387 e. The van der Waals surface area contributed by atoms with Gasteiger partial charge in [-0.25, -0.2) is 0 Å². The maximum atomic E-state index is 9.55. The molecule has 0 aliphatic carbocycles. The van der Waals surface area contributed by atoms with Gasteiger partial charge in [0.2, 0.25) is 0 Å². The van der Waals surface area contributed by atoms with Crippen molar-refractivity contribution >= 4 is 11.6 Å². The minimum Gasteiger partial charge on any atom is -0.387 e.